The highest BCUT2D eigenvalue weighted by Crippen LogP contribution is 2.16. The fourth-order valence-electron chi connectivity index (χ4n) is 2.64. The second-order valence-corrected chi connectivity index (χ2v) is 6.82. The third-order valence-corrected chi connectivity index (χ3v) is 4.44. The van der Waals surface area contributed by atoms with Crippen molar-refractivity contribution in [1.29, 1.82) is 0 Å². The molecule has 3 aromatic carbocycles. The molecule has 0 aromatic heterocycles. The van der Waals surface area contributed by atoms with Crippen LogP contribution in [0.2, 0.25) is 0 Å². The van der Waals surface area contributed by atoms with Crippen LogP contribution in [0.1, 0.15) is 28.9 Å². The Morgan fingerprint density at radius 1 is 0.793 bits per heavy atom. The molecule has 4 nitrogen and oxygen atoms in total. The lowest BCUT2D eigenvalue weighted by atomic mass is 10.1. The lowest BCUT2D eigenvalue weighted by molar-refractivity contribution is 0.102. The zero-order chi connectivity index (χ0) is 20.8. The van der Waals surface area contributed by atoms with Gasteiger partial charge in [0.05, 0.1) is 6.04 Å². The summed E-state index contributed by atoms with van der Waals surface area (Å²) in [6.45, 7) is 1.93. The topological polar surface area (TPSA) is 53.2 Å². The number of anilines is 2. The normalized spacial score (nSPS) is 11.4. The van der Waals surface area contributed by atoms with Gasteiger partial charge in [-0.25, -0.2) is 8.78 Å². The van der Waals surface area contributed by atoms with E-state index in [0.717, 1.165) is 11.3 Å². The molecule has 0 aliphatic heterocycles. The van der Waals surface area contributed by atoms with Crippen molar-refractivity contribution in [2.75, 3.05) is 10.6 Å². The summed E-state index contributed by atoms with van der Waals surface area (Å²) in [6.07, 6.45) is 0. The third kappa shape index (κ3) is 5.83. The van der Waals surface area contributed by atoms with Crippen molar-refractivity contribution in [3.05, 3.63) is 95.6 Å². The van der Waals surface area contributed by atoms with Gasteiger partial charge in [0.25, 0.3) is 5.91 Å². The smallest absolute Gasteiger partial charge is 0.255 e. The molecule has 0 spiro atoms. The summed E-state index contributed by atoms with van der Waals surface area (Å²) < 4.78 is 26.0. The third-order valence-electron chi connectivity index (χ3n) is 4.22. The van der Waals surface area contributed by atoms with E-state index in [1.165, 1.54) is 36.4 Å². The van der Waals surface area contributed by atoms with Gasteiger partial charge in [-0.05, 0) is 85.4 Å². The molecule has 0 aliphatic rings. The Morgan fingerprint density at radius 2 is 1.28 bits per heavy atom. The number of hydrogen-bond acceptors (Lipinski definition) is 2. The van der Waals surface area contributed by atoms with Crippen LogP contribution in [-0.2, 0) is 0 Å². The van der Waals surface area contributed by atoms with Crippen LogP contribution in [-0.4, -0.2) is 11.0 Å². The van der Waals surface area contributed by atoms with E-state index in [4.69, 9.17) is 12.2 Å². The van der Waals surface area contributed by atoms with Crippen LogP contribution in [0.3, 0.4) is 0 Å². The van der Waals surface area contributed by atoms with Gasteiger partial charge in [-0.1, -0.05) is 12.1 Å². The van der Waals surface area contributed by atoms with E-state index in [1.54, 1.807) is 36.4 Å². The van der Waals surface area contributed by atoms with Gasteiger partial charge in [-0.2, -0.15) is 0 Å². The van der Waals surface area contributed by atoms with Crippen molar-refractivity contribution in [3.63, 3.8) is 0 Å². The second-order valence-electron chi connectivity index (χ2n) is 6.41. The maximum Gasteiger partial charge on any atom is 0.255 e. The molecule has 0 saturated carbocycles. The predicted molar refractivity (Wildman–Crippen MR) is 115 cm³/mol. The van der Waals surface area contributed by atoms with E-state index in [2.05, 4.69) is 16.0 Å². The number of carbonyl (C=O) groups excluding carboxylic acids is 1. The minimum atomic E-state index is -0.393. The monoisotopic (exact) mass is 411 g/mol. The van der Waals surface area contributed by atoms with Crippen molar-refractivity contribution < 1.29 is 13.6 Å². The fourth-order valence-corrected chi connectivity index (χ4v) is 2.93. The summed E-state index contributed by atoms with van der Waals surface area (Å²) in [5.74, 6) is -1.00. The van der Waals surface area contributed by atoms with Crippen molar-refractivity contribution in [3.8, 4) is 0 Å². The zero-order valence-electron chi connectivity index (χ0n) is 15.6. The Hall–Kier alpha value is -3.32. The van der Waals surface area contributed by atoms with Gasteiger partial charge in [0, 0.05) is 16.9 Å². The van der Waals surface area contributed by atoms with Gasteiger partial charge in [0.1, 0.15) is 11.6 Å². The van der Waals surface area contributed by atoms with E-state index >= 15 is 0 Å². The lowest BCUT2D eigenvalue weighted by Crippen LogP contribution is -2.30. The molecule has 1 unspecified atom stereocenters. The van der Waals surface area contributed by atoms with Crippen molar-refractivity contribution in [2.24, 2.45) is 0 Å². The number of thiocarbonyl (C=S) groups is 1. The van der Waals surface area contributed by atoms with Crippen molar-refractivity contribution in [2.45, 2.75) is 13.0 Å². The lowest BCUT2D eigenvalue weighted by Gasteiger charge is -2.17. The quantitative estimate of drug-likeness (QED) is 0.501. The molecule has 3 rings (SSSR count). The van der Waals surface area contributed by atoms with Crippen LogP contribution in [0.5, 0.6) is 0 Å². The summed E-state index contributed by atoms with van der Waals surface area (Å²) in [7, 11) is 0. The predicted octanol–water partition coefficient (Wildman–Crippen LogP) is 5.26. The second kappa shape index (κ2) is 9.25. The first-order chi connectivity index (χ1) is 13.9. The summed E-state index contributed by atoms with van der Waals surface area (Å²) in [5, 5.41) is 9.37. The number of rotatable bonds is 5. The van der Waals surface area contributed by atoms with Gasteiger partial charge in [-0.3, -0.25) is 4.79 Å². The number of nitrogens with one attached hydrogen (secondary N) is 3. The molecule has 0 fully saturated rings. The van der Waals surface area contributed by atoms with Crippen LogP contribution in [0.15, 0.2) is 72.8 Å². The first-order valence-corrected chi connectivity index (χ1v) is 9.31. The number of amides is 1. The average Bonchev–Trinajstić information content (AvgIpc) is 2.70. The van der Waals surface area contributed by atoms with E-state index < -0.39 is 5.82 Å². The molecular weight excluding hydrogens is 392 g/mol. The van der Waals surface area contributed by atoms with E-state index in [0.29, 0.717) is 16.4 Å². The van der Waals surface area contributed by atoms with Crippen molar-refractivity contribution in [1.82, 2.24) is 5.32 Å². The van der Waals surface area contributed by atoms with E-state index in [-0.39, 0.29) is 17.8 Å². The Bertz CT molecular complexity index is 990. The summed E-state index contributed by atoms with van der Waals surface area (Å²) in [6, 6.07) is 18.5. The molecule has 0 radical (unpaired) electrons. The highest BCUT2D eigenvalue weighted by atomic mass is 32.1. The Balaban J connectivity index is 1.54. The van der Waals surface area contributed by atoms with Gasteiger partial charge in [-0.15, -0.1) is 0 Å². The minimum absolute atomic E-state index is 0.0927. The standard InChI is InChI=1S/C22H19F2N3OS/c1-14(15-2-6-17(23)7-3-15)25-22(29)27-20-12-10-19(11-13-20)26-21(28)16-4-8-18(24)9-5-16/h2-14H,1H3,(H,26,28)(H2,25,27,29). The molecule has 0 bridgehead atoms. The number of carbonyl (C=O) groups is 1. The van der Waals surface area contributed by atoms with Crippen molar-refractivity contribution >= 4 is 34.6 Å². The SMILES string of the molecule is CC(NC(=S)Nc1ccc(NC(=O)c2ccc(F)cc2)cc1)c1ccc(F)cc1. The maximum atomic E-state index is 13.0. The van der Waals surface area contributed by atoms with Gasteiger partial charge in [0.2, 0.25) is 0 Å². The summed E-state index contributed by atoms with van der Waals surface area (Å²) in [4.78, 5) is 12.2. The van der Waals surface area contributed by atoms with E-state index in [1.807, 2.05) is 6.92 Å². The highest BCUT2D eigenvalue weighted by molar-refractivity contribution is 7.80. The van der Waals surface area contributed by atoms with Gasteiger partial charge < -0.3 is 16.0 Å². The Kier molecular flexibility index (Phi) is 6.51. The molecule has 3 aromatic rings. The first-order valence-electron chi connectivity index (χ1n) is 8.91. The molecule has 0 aliphatic carbocycles. The molecule has 3 N–H and O–H groups in total. The maximum absolute atomic E-state index is 13.0. The minimum Gasteiger partial charge on any atom is -0.356 e. The molecule has 148 valence electrons. The van der Waals surface area contributed by atoms with Crippen LogP contribution >= 0.6 is 12.2 Å². The summed E-state index contributed by atoms with van der Waals surface area (Å²) in [5.41, 5.74) is 2.63. The fraction of sp³-hybridized carbons (Fsp3) is 0.0909. The van der Waals surface area contributed by atoms with E-state index in [9.17, 15) is 13.6 Å². The molecule has 1 atom stereocenters. The molecular formula is C22H19F2N3OS. The largest absolute Gasteiger partial charge is 0.356 e. The average molecular weight is 411 g/mol. The summed E-state index contributed by atoms with van der Waals surface area (Å²) >= 11 is 5.32. The molecule has 0 heterocycles. The van der Waals surface area contributed by atoms with Crippen LogP contribution in [0.25, 0.3) is 0 Å². The van der Waals surface area contributed by atoms with Crippen LogP contribution < -0.4 is 16.0 Å². The first kappa shape index (κ1) is 20.4. The molecule has 1 amide bonds. The number of halogens is 2. The Labute approximate surface area is 173 Å². The van der Waals surface area contributed by atoms with Crippen LogP contribution in [0, 0.1) is 11.6 Å². The van der Waals surface area contributed by atoms with Gasteiger partial charge in [0.15, 0.2) is 5.11 Å². The number of benzene rings is 3. The number of hydrogen-bond donors (Lipinski definition) is 3. The molecule has 29 heavy (non-hydrogen) atoms. The zero-order valence-corrected chi connectivity index (χ0v) is 16.4. The molecule has 0 saturated heterocycles. The van der Waals surface area contributed by atoms with Crippen LogP contribution in [0.4, 0.5) is 20.2 Å². The highest BCUT2D eigenvalue weighted by Gasteiger charge is 2.09. The van der Waals surface area contributed by atoms with Gasteiger partial charge >= 0.3 is 0 Å². The molecule has 7 heteroatoms. The Morgan fingerprint density at radius 3 is 1.83 bits per heavy atom.